The van der Waals surface area contributed by atoms with Crippen LogP contribution in [0.2, 0.25) is 0 Å². The fraction of sp³-hybridized carbons (Fsp3) is 0.452. The van der Waals surface area contributed by atoms with Crippen molar-refractivity contribution in [3.05, 3.63) is 78.8 Å². The van der Waals surface area contributed by atoms with E-state index in [9.17, 15) is 19.8 Å². The molecule has 4 aromatic rings. The quantitative estimate of drug-likeness (QED) is 0.209. The average molecular weight is 624 g/mol. The number of ether oxygens (including phenoxy) is 1. The van der Waals surface area contributed by atoms with Gasteiger partial charge in [0.25, 0.3) is 5.91 Å². The number of fused-ring (bicyclic) bond motifs is 1. The number of aryl methyl sites for hydroxylation is 1. The molecule has 1 spiro atoms. The Morgan fingerprint density at radius 1 is 1.21 bits per heavy atom. The van der Waals surface area contributed by atoms with Crippen molar-refractivity contribution in [2.24, 2.45) is 0 Å². The van der Waals surface area contributed by atoms with Crippen molar-refractivity contribution in [3.8, 4) is 5.75 Å². The highest BCUT2D eigenvalue weighted by molar-refractivity contribution is 7.16. The number of aromatic nitrogens is 2. The number of phenols is 1. The van der Waals surface area contributed by atoms with Crippen LogP contribution in [0.4, 0.5) is 0 Å². The summed E-state index contributed by atoms with van der Waals surface area (Å²) in [6.07, 6.45) is 1.82. The van der Waals surface area contributed by atoms with Crippen LogP contribution in [0.15, 0.2) is 46.6 Å². The number of piperidine rings is 1. The number of thiazole rings is 2. The summed E-state index contributed by atoms with van der Waals surface area (Å²) in [6.45, 7) is 7.46. The Hall–Kier alpha value is -3.13. The first-order chi connectivity index (χ1) is 20.8. The Bertz CT molecular complexity index is 1640. The molecular weight excluding hydrogens is 587 g/mol. The lowest BCUT2D eigenvalue weighted by Gasteiger charge is -2.47. The molecule has 4 N–H and O–H groups in total. The highest BCUT2D eigenvalue weighted by Crippen LogP contribution is 2.32. The van der Waals surface area contributed by atoms with Crippen LogP contribution < -0.4 is 10.2 Å². The molecule has 1 amide bonds. The molecule has 1 atom stereocenters. The van der Waals surface area contributed by atoms with Crippen LogP contribution in [0, 0.1) is 6.92 Å². The topological polar surface area (TPSA) is 131 Å². The van der Waals surface area contributed by atoms with Crippen molar-refractivity contribution >= 4 is 38.8 Å². The molecule has 2 fully saturated rings. The summed E-state index contributed by atoms with van der Waals surface area (Å²) in [5.74, 6) is 0.0104. The Labute approximate surface area is 258 Å². The van der Waals surface area contributed by atoms with Crippen LogP contribution in [0.3, 0.4) is 0 Å². The van der Waals surface area contributed by atoms with E-state index in [2.05, 4.69) is 44.5 Å². The van der Waals surface area contributed by atoms with Crippen LogP contribution in [0.1, 0.15) is 51.1 Å². The first kappa shape index (κ1) is 29.9. The van der Waals surface area contributed by atoms with Gasteiger partial charge in [-0.05, 0) is 49.9 Å². The number of carbonyl (C=O) groups is 1. The van der Waals surface area contributed by atoms with Gasteiger partial charge in [-0.3, -0.25) is 14.5 Å². The molecule has 2 aliphatic heterocycles. The minimum absolute atomic E-state index is 0.00396. The van der Waals surface area contributed by atoms with Gasteiger partial charge < -0.3 is 30.2 Å². The number of morpholine rings is 1. The zero-order valence-corrected chi connectivity index (χ0v) is 25.8. The number of aliphatic hydroxyl groups excluding tert-OH is 1. The molecule has 10 nitrogen and oxygen atoms in total. The largest absolute Gasteiger partial charge is 0.506 e. The highest BCUT2D eigenvalue weighted by Gasteiger charge is 2.41. The number of aromatic amines is 1. The maximum absolute atomic E-state index is 13.0. The smallest absolute Gasteiger partial charge is 0.305 e. The Kier molecular flexibility index (Phi) is 8.94. The molecule has 2 aliphatic rings. The maximum Gasteiger partial charge on any atom is 0.305 e. The molecule has 6 rings (SSSR count). The number of benzene rings is 2. The van der Waals surface area contributed by atoms with E-state index in [1.165, 1.54) is 28.5 Å². The number of carbonyl (C=O) groups excluding carboxylic acids is 1. The molecule has 228 valence electrons. The van der Waals surface area contributed by atoms with E-state index >= 15 is 0 Å². The molecule has 12 heteroatoms. The van der Waals surface area contributed by atoms with Crippen molar-refractivity contribution in [2.75, 3.05) is 45.9 Å². The lowest BCUT2D eigenvalue weighted by atomic mass is 9.89. The summed E-state index contributed by atoms with van der Waals surface area (Å²) in [5.41, 5.74) is 3.75. The van der Waals surface area contributed by atoms with Crippen LogP contribution in [-0.4, -0.2) is 87.4 Å². The van der Waals surface area contributed by atoms with Crippen molar-refractivity contribution in [2.45, 2.75) is 44.4 Å². The average Bonchev–Trinajstić information content (AvgIpc) is 3.62. The van der Waals surface area contributed by atoms with E-state index in [1.54, 1.807) is 6.07 Å². The molecule has 2 saturated heterocycles. The third kappa shape index (κ3) is 6.84. The zero-order chi connectivity index (χ0) is 30.0. The van der Waals surface area contributed by atoms with Crippen molar-refractivity contribution in [1.82, 2.24) is 25.1 Å². The molecule has 0 saturated carbocycles. The number of aromatic hydroxyl groups is 1. The summed E-state index contributed by atoms with van der Waals surface area (Å²) in [5, 5.41) is 26.8. The number of aliphatic hydroxyl groups is 1. The van der Waals surface area contributed by atoms with Gasteiger partial charge in [0, 0.05) is 43.7 Å². The highest BCUT2D eigenvalue weighted by atomic mass is 32.1. The minimum Gasteiger partial charge on any atom is -0.506 e. The van der Waals surface area contributed by atoms with Crippen LogP contribution in [0.25, 0.3) is 10.2 Å². The number of amides is 1. The van der Waals surface area contributed by atoms with E-state index in [4.69, 9.17) is 4.74 Å². The Morgan fingerprint density at radius 3 is 2.81 bits per heavy atom. The van der Waals surface area contributed by atoms with Gasteiger partial charge in [-0.25, -0.2) is 4.98 Å². The third-order valence-electron chi connectivity index (χ3n) is 8.41. The van der Waals surface area contributed by atoms with Gasteiger partial charge in [-0.2, -0.15) is 0 Å². The summed E-state index contributed by atoms with van der Waals surface area (Å²) in [6, 6.07) is 11.8. The number of H-pyrrole nitrogens is 1. The molecule has 2 aromatic heterocycles. The first-order valence-corrected chi connectivity index (χ1v) is 16.4. The van der Waals surface area contributed by atoms with Gasteiger partial charge in [0.15, 0.2) is 0 Å². The van der Waals surface area contributed by atoms with E-state index in [0.29, 0.717) is 54.3 Å². The fourth-order valence-corrected chi connectivity index (χ4v) is 7.59. The minimum atomic E-state index is -0.793. The van der Waals surface area contributed by atoms with Gasteiger partial charge in [0.2, 0.25) is 0 Å². The number of nitrogens with one attached hydrogen (secondary N) is 2. The first-order valence-electron chi connectivity index (χ1n) is 14.7. The van der Waals surface area contributed by atoms with Crippen LogP contribution in [-0.2, 0) is 17.7 Å². The summed E-state index contributed by atoms with van der Waals surface area (Å²) < 4.78 is 6.87. The third-order valence-corrected chi connectivity index (χ3v) is 10.1. The lowest BCUT2D eigenvalue weighted by Crippen LogP contribution is -2.58. The van der Waals surface area contributed by atoms with E-state index < -0.39 is 6.10 Å². The van der Waals surface area contributed by atoms with Gasteiger partial charge in [-0.1, -0.05) is 41.7 Å². The van der Waals surface area contributed by atoms with Gasteiger partial charge in [0.1, 0.15) is 17.0 Å². The summed E-state index contributed by atoms with van der Waals surface area (Å²) >= 11 is 2.50. The Morgan fingerprint density at radius 2 is 2.02 bits per heavy atom. The predicted molar refractivity (Wildman–Crippen MR) is 168 cm³/mol. The van der Waals surface area contributed by atoms with Gasteiger partial charge in [0.05, 0.1) is 34.6 Å². The monoisotopic (exact) mass is 623 g/mol. The number of hydrogen-bond acceptors (Lipinski definition) is 10. The van der Waals surface area contributed by atoms with Crippen LogP contribution in [0.5, 0.6) is 5.75 Å². The summed E-state index contributed by atoms with van der Waals surface area (Å²) in [7, 11) is 0. The molecule has 2 aromatic carbocycles. The van der Waals surface area contributed by atoms with Crippen molar-refractivity contribution < 1.29 is 19.7 Å². The van der Waals surface area contributed by atoms with Gasteiger partial charge >= 0.3 is 4.87 Å². The zero-order valence-electron chi connectivity index (χ0n) is 24.2. The van der Waals surface area contributed by atoms with Crippen LogP contribution >= 0.6 is 22.7 Å². The normalized spacial score (nSPS) is 18.0. The number of rotatable bonds is 9. The maximum atomic E-state index is 13.0. The molecule has 0 aliphatic carbocycles. The van der Waals surface area contributed by atoms with Crippen molar-refractivity contribution in [1.29, 1.82) is 0 Å². The van der Waals surface area contributed by atoms with E-state index in [1.807, 2.05) is 17.2 Å². The second kappa shape index (κ2) is 12.8. The number of phenolic OH excluding ortho intramolecular Hbond substituents is 1. The second-order valence-corrected chi connectivity index (χ2v) is 13.5. The number of likely N-dealkylation sites (tertiary alicyclic amines) is 1. The molecule has 43 heavy (non-hydrogen) atoms. The molecule has 0 bridgehead atoms. The number of nitrogens with zero attached hydrogens (tertiary/aromatic N) is 3. The van der Waals surface area contributed by atoms with E-state index in [-0.39, 0.29) is 22.1 Å². The fourth-order valence-electron chi connectivity index (χ4n) is 6.09. The Balaban J connectivity index is 0.969. The summed E-state index contributed by atoms with van der Waals surface area (Å²) in [4.78, 5) is 35.9. The molecular formula is C31H37N5O5S2. The standard InChI is InChI=1S/C31H37N5O5S2/c1-20-33-24(18-42-20)29(39)36-13-14-41-31(19-36)8-11-35(12-9-31)17-22-4-2-3-21(15-22)7-10-32-16-26(38)23-5-6-25(37)27-28(23)43-30(40)34-27/h2-6,15,18,26,32,37-38H,7-14,16-17,19H2,1H3,(H,34,40)/t26-/m0/s1. The molecule has 0 unspecified atom stereocenters. The van der Waals surface area contributed by atoms with Gasteiger partial charge in [-0.15, -0.1) is 11.3 Å². The molecule has 0 radical (unpaired) electrons. The predicted octanol–water partition coefficient (Wildman–Crippen LogP) is 3.43. The number of hydrogen-bond donors (Lipinski definition) is 4. The van der Waals surface area contributed by atoms with E-state index in [0.717, 1.165) is 55.2 Å². The second-order valence-electron chi connectivity index (χ2n) is 11.5. The lowest BCUT2D eigenvalue weighted by molar-refractivity contribution is -0.128. The molecule has 4 heterocycles. The van der Waals surface area contributed by atoms with Crippen molar-refractivity contribution in [3.63, 3.8) is 0 Å². The SMILES string of the molecule is Cc1nc(C(=O)N2CCOC3(CCN(Cc4cccc(CCNC[C@H](O)c5ccc(O)c6[nH]c(=O)sc56)c4)CC3)C2)cs1.